The van der Waals surface area contributed by atoms with Crippen LogP contribution in [0.25, 0.3) is 55.4 Å². The highest BCUT2D eigenvalue weighted by Crippen LogP contribution is 2.40. The molecular weight excluding hydrogens is 821 g/mol. The summed E-state index contributed by atoms with van der Waals surface area (Å²) in [6.45, 7) is 13.1. The van der Waals surface area contributed by atoms with Crippen LogP contribution in [0.3, 0.4) is 0 Å². The number of ether oxygens (including phenoxy) is 2. The Balaban J connectivity index is 1.06. The van der Waals surface area contributed by atoms with Crippen molar-refractivity contribution in [2.24, 2.45) is 23.7 Å². The zero-order chi connectivity index (χ0) is 45.0. The highest BCUT2D eigenvalue weighted by atomic mass is 32.1. The number of amides is 4. The molecule has 5 heterocycles. The van der Waals surface area contributed by atoms with E-state index in [2.05, 4.69) is 48.1 Å². The van der Waals surface area contributed by atoms with Gasteiger partial charge in [0.15, 0.2) is 0 Å². The Morgan fingerprint density at radius 1 is 0.667 bits per heavy atom. The lowest BCUT2D eigenvalue weighted by molar-refractivity contribution is -0.139. The van der Waals surface area contributed by atoms with E-state index in [1.54, 1.807) is 14.1 Å². The Morgan fingerprint density at radius 2 is 1.06 bits per heavy atom. The summed E-state index contributed by atoms with van der Waals surface area (Å²) in [7, 11) is 5.86. The van der Waals surface area contributed by atoms with Gasteiger partial charge in [-0.05, 0) is 71.9 Å². The summed E-state index contributed by atoms with van der Waals surface area (Å²) in [6.07, 6.45) is 0.397. The molecule has 0 saturated carbocycles. The number of rotatable bonds is 10. The number of hydrogen-bond donors (Lipinski definition) is 2. The summed E-state index contributed by atoms with van der Waals surface area (Å²) < 4.78 is 19.5. The number of imidazole rings is 2. The molecule has 0 radical (unpaired) electrons. The van der Waals surface area contributed by atoms with E-state index in [4.69, 9.17) is 28.2 Å². The summed E-state index contributed by atoms with van der Waals surface area (Å²) in [4.78, 5) is 76.7. The first kappa shape index (κ1) is 43.5. The van der Waals surface area contributed by atoms with Crippen molar-refractivity contribution in [1.82, 2.24) is 48.3 Å². The van der Waals surface area contributed by atoms with E-state index in [-0.39, 0.29) is 47.6 Å². The molecule has 0 spiro atoms. The molecule has 2 fully saturated rings. The predicted octanol–water partition coefficient (Wildman–Crippen LogP) is 8.04. The van der Waals surface area contributed by atoms with Gasteiger partial charge in [0.1, 0.15) is 34.8 Å². The monoisotopic (exact) mass is 876 g/mol. The number of benzene rings is 3. The van der Waals surface area contributed by atoms with E-state index in [0.29, 0.717) is 24.7 Å². The Labute approximate surface area is 370 Å². The van der Waals surface area contributed by atoms with Crippen LogP contribution in [0, 0.1) is 23.7 Å². The minimum Gasteiger partial charge on any atom is -0.453 e. The van der Waals surface area contributed by atoms with Crippen molar-refractivity contribution in [1.29, 1.82) is 0 Å². The number of nitrogens with zero attached hydrogens (tertiary/aromatic N) is 8. The molecule has 16 nitrogen and oxygen atoms in total. The van der Waals surface area contributed by atoms with Crippen LogP contribution >= 0.6 is 11.7 Å². The van der Waals surface area contributed by atoms with Crippen LogP contribution in [0.5, 0.6) is 0 Å². The lowest BCUT2D eigenvalue weighted by Gasteiger charge is -2.34. The van der Waals surface area contributed by atoms with E-state index in [0.717, 1.165) is 79.9 Å². The van der Waals surface area contributed by atoms with E-state index in [9.17, 15) is 19.2 Å². The zero-order valence-corrected chi connectivity index (χ0v) is 38.3. The van der Waals surface area contributed by atoms with Crippen LogP contribution in [0.1, 0.15) is 78.1 Å². The smallest absolute Gasteiger partial charge is 0.409 e. The van der Waals surface area contributed by atoms with Gasteiger partial charge in [0.25, 0.3) is 0 Å². The largest absolute Gasteiger partial charge is 0.453 e. The molecule has 17 heteroatoms. The summed E-state index contributed by atoms with van der Waals surface area (Å²) in [6, 6.07) is 14.4. The molecule has 2 saturated heterocycles. The van der Waals surface area contributed by atoms with Gasteiger partial charge in [-0.25, -0.2) is 19.6 Å². The fourth-order valence-corrected chi connectivity index (χ4v) is 10.4. The number of carbonyl (C=O) groups is 4. The highest BCUT2D eigenvalue weighted by Gasteiger charge is 2.43. The normalized spacial score (nSPS) is 20.0. The molecule has 63 heavy (non-hydrogen) atoms. The standard InChI is InChI=1S/C46H56N10O6S/c1-23(2)39(53(7)45(59)61-9)43(57)55-21-25(5)17-35(55)41-47-31-15-11-27(19-33(31)49-41)29-13-14-30(38-37(29)51-63-52-38)28-12-16-32-34(20-28)50-42(48-32)36-18-26(6)22-56(36)44(58)40(24(3)4)54(8)46(60)62-10/h11-16,19-20,23-26,35-36,39-40H,17-18,21-22H2,1-10H3,(H,47,49)(H,48,50)/t25-,26-,35-,36-,39-,40-/m0/s1. The molecule has 2 N–H and O–H groups in total. The van der Waals surface area contributed by atoms with E-state index < -0.39 is 24.3 Å². The Hall–Kier alpha value is -6.10. The molecule has 2 aliphatic rings. The Morgan fingerprint density at radius 3 is 1.43 bits per heavy atom. The number of hydrogen-bond acceptors (Lipinski definition) is 11. The molecule has 4 amide bonds. The van der Waals surface area contributed by atoms with Crippen molar-refractivity contribution in [2.75, 3.05) is 41.4 Å². The number of carbonyl (C=O) groups excluding carboxylic acids is 4. The maximum atomic E-state index is 14.1. The average Bonchev–Trinajstić information content (AvgIpc) is 4.11. The maximum absolute atomic E-state index is 14.1. The second kappa shape index (κ2) is 17.2. The van der Waals surface area contributed by atoms with Crippen LogP contribution in [-0.4, -0.2) is 126 Å². The van der Waals surface area contributed by atoms with Gasteiger partial charge >= 0.3 is 12.2 Å². The number of likely N-dealkylation sites (N-methyl/N-ethyl adjacent to an activating group) is 2. The van der Waals surface area contributed by atoms with Gasteiger partial charge in [0.05, 0.1) is 60.1 Å². The zero-order valence-electron chi connectivity index (χ0n) is 37.5. The van der Waals surface area contributed by atoms with E-state index in [1.807, 2.05) is 61.8 Å². The van der Waals surface area contributed by atoms with Gasteiger partial charge in [0, 0.05) is 38.3 Å². The molecule has 0 aliphatic carbocycles. The van der Waals surface area contributed by atoms with E-state index >= 15 is 0 Å². The summed E-state index contributed by atoms with van der Waals surface area (Å²) >= 11 is 1.16. The highest BCUT2D eigenvalue weighted by molar-refractivity contribution is 7.00. The topological polar surface area (TPSA) is 183 Å². The van der Waals surface area contributed by atoms with Gasteiger partial charge in [0.2, 0.25) is 11.8 Å². The van der Waals surface area contributed by atoms with Crippen molar-refractivity contribution in [3.8, 4) is 22.3 Å². The SMILES string of the molecule is COC(=O)N(C)[C@H](C(=O)N1C[C@@H](C)C[C@H]1c1nc2ccc(-c3ccc(-c4ccc5nc([C@@H]6C[C@H](C)CN6C(=O)[C@H](C(C)C)N(C)C(=O)OC)[nH]c5c4)c4nsnc34)cc2[nH]1)C(C)C. The van der Waals surface area contributed by atoms with Crippen LogP contribution in [0.15, 0.2) is 48.5 Å². The third kappa shape index (κ3) is 7.95. The number of nitrogens with one attached hydrogen (secondary N) is 2. The molecular formula is C46H56N10O6S. The van der Waals surface area contributed by atoms with Crippen LogP contribution < -0.4 is 0 Å². The molecule has 0 bridgehead atoms. The molecule has 3 aromatic heterocycles. The van der Waals surface area contributed by atoms with Gasteiger partial charge in [-0.2, -0.15) is 8.75 Å². The van der Waals surface area contributed by atoms with Gasteiger partial charge in [-0.15, -0.1) is 0 Å². The lowest BCUT2D eigenvalue weighted by atomic mass is 9.97. The minimum absolute atomic E-state index is 0.121. The predicted molar refractivity (Wildman–Crippen MR) is 242 cm³/mol. The molecule has 0 unspecified atom stereocenters. The first-order chi connectivity index (χ1) is 30.1. The number of H-pyrrole nitrogens is 2. The second-order valence-electron chi connectivity index (χ2n) is 18.1. The average molecular weight is 877 g/mol. The van der Waals surface area contributed by atoms with Crippen molar-refractivity contribution < 1.29 is 28.7 Å². The van der Waals surface area contributed by atoms with Gasteiger partial charge < -0.3 is 29.2 Å². The van der Waals surface area contributed by atoms with Crippen molar-refractivity contribution in [3.63, 3.8) is 0 Å². The van der Waals surface area contributed by atoms with Crippen LogP contribution in [0.2, 0.25) is 0 Å². The van der Waals surface area contributed by atoms with Crippen LogP contribution in [0.4, 0.5) is 9.59 Å². The number of likely N-dealkylation sites (tertiary alicyclic amines) is 2. The lowest BCUT2D eigenvalue weighted by Crippen LogP contribution is -2.52. The van der Waals surface area contributed by atoms with Gasteiger partial charge in [-0.1, -0.05) is 65.8 Å². The van der Waals surface area contributed by atoms with Gasteiger partial charge in [-0.3, -0.25) is 19.4 Å². The number of aromatic nitrogens is 6. The molecule has 6 aromatic rings. The van der Waals surface area contributed by atoms with Crippen molar-refractivity contribution in [3.05, 3.63) is 60.2 Å². The molecule has 8 rings (SSSR count). The van der Waals surface area contributed by atoms with Crippen molar-refractivity contribution in [2.45, 2.75) is 78.6 Å². The summed E-state index contributed by atoms with van der Waals surface area (Å²) in [5, 5.41) is 0. The number of methoxy groups -OCH3 is 2. The summed E-state index contributed by atoms with van der Waals surface area (Å²) in [5.41, 5.74) is 8.58. The first-order valence-electron chi connectivity index (χ1n) is 21.6. The fourth-order valence-electron chi connectivity index (χ4n) is 9.79. The molecule has 2 aliphatic heterocycles. The molecule has 6 atom stereocenters. The number of aromatic amines is 2. The Kier molecular flexibility index (Phi) is 11.9. The van der Waals surface area contributed by atoms with E-state index in [1.165, 1.54) is 24.0 Å². The quantitative estimate of drug-likeness (QED) is 0.137. The van der Waals surface area contributed by atoms with Crippen LogP contribution in [-0.2, 0) is 19.1 Å². The third-order valence-corrected chi connectivity index (χ3v) is 13.3. The second-order valence-corrected chi connectivity index (χ2v) is 18.6. The molecule has 332 valence electrons. The fraction of sp³-hybridized carbons (Fsp3) is 0.478. The minimum atomic E-state index is -0.673. The summed E-state index contributed by atoms with van der Waals surface area (Å²) in [5.74, 6) is 1.44. The first-order valence-corrected chi connectivity index (χ1v) is 22.3. The van der Waals surface area contributed by atoms with Crippen molar-refractivity contribution >= 4 is 68.8 Å². The molecule has 3 aromatic carbocycles. The maximum Gasteiger partial charge on any atom is 0.409 e. The third-order valence-electron chi connectivity index (χ3n) is 12.8. The Bertz CT molecular complexity index is 2530. The number of fused-ring (bicyclic) bond motifs is 3.